The summed E-state index contributed by atoms with van der Waals surface area (Å²) in [5, 5.41) is 9.53. The molecule has 1 unspecified atom stereocenters. The van der Waals surface area contributed by atoms with Crippen molar-refractivity contribution >= 4 is 47.2 Å². The van der Waals surface area contributed by atoms with E-state index < -0.39 is 0 Å². The van der Waals surface area contributed by atoms with E-state index in [1.807, 2.05) is 30.3 Å². The highest BCUT2D eigenvalue weighted by Gasteiger charge is 2.23. The van der Waals surface area contributed by atoms with Crippen molar-refractivity contribution in [2.75, 3.05) is 43.5 Å². The van der Waals surface area contributed by atoms with Gasteiger partial charge >= 0.3 is 0 Å². The number of nitrogens with zero attached hydrogens (tertiary/aromatic N) is 2. The normalized spacial score (nSPS) is 15.9. The first-order valence-corrected chi connectivity index (χ1v) is 9.91. The summed E-state index contributed by atoms with van der Waals surface area (Å²) >= 11 is 0. The van der Waals surface area contributed by atoms with E-state index in [4.69, 9.17) is 4.74 Å². The lowest BCUT2D eigenvalue weighted by Gasteiger charge is -2.20. The number of rotatable bonds is 7. The molecule has 7 nitrogen and oxygen atoms in total. The summed E-state index contributed by atoms with van der Waals surface area (Å²) in [6.45, 7) is 4.59. The van der Waals surface area contributed by atoms with Crippen LogP contribution in [0.25, 0.3) is 0 Å². The summed E-state index contributed by atoms with van der Waals surface area (Å²) in [5.74, 6) is 1.40. The molecule has 0 saturated carbocycles. The van der Waals surface area contributed by atoms with Crippen LogP contribution in [0.1, 0.15) is 13.3 Å². The number of benzene rings is 2. The maximum atomic E-state index is 11.2. The molecule has 1 amide bonds. The second-order valence-corrected chi connectivity index (χ2v) is 6.97. The molecule has 0 bridgehead atoms. The SMILES string of the molecule is CN=C(NCCOc1cccc(NC(C)=O)c1)NC1CCN(c2ccccc2)C1.I. The molecule has 1 atom stereocenters. The smallest absolute Gasteiger partial charge is 0.221 e. The average Bonchev–Trinajstić information content (AvgIpc) is 3.19. The number of halogens is 1. The Labute approximate surface area is 195 Å². The van der Waals surface area contributed by atoms with Gasteiger partial charge in [-0.05, 0) is 30.7 Å². The highest BCUT2D eigenvalue weighted by atomic mass is 127. The van der Waals surface area contributed by atoms with Gasteiger partial charge in [-0.15, -0.1) is 24.0 Å². The van der Waals surface area contributed by atoms with Crippen LogP contribution in [0.3, 0.4) is 0 Å². The number of guanidine groups is 1. The van der Waals surface area contributed by atoms with Gasteiger partial charge in [-0.25, -0.2) is 0 Å². The molecule has 2 aromatic rings. The molecule has 162 valence electrons. The maximum Gasteiger partial charge on any atom is 0.221 e. The average molecular weight is 523 g/mol. The van der Waals surface area contributed by atoms with Gasteiger partial charge in [0, 0.05) is 50.5 Å². The number of carbonyl (C=O) groups excluding carboxylic acids is 1. The zero-order valence-corrected chi connectivity index (χ0v) is 19.8. The lowest BCUT2D eigenvalue weighted by molar-refractivity contribution is -0.114. The first-order chi connectivity index (χ1) is 14.1. The Bertz CT molecular complexity index is 831. The fourth-order valence-electron chi connectivity index (χ4n) is 3.34. The lowest BCUT2D eigenvalue weighted by atomic mass is 10.3. The molecule has 0 aliphatic carbocycles. The van der Waals surface area contributed by atoms with Crippen LogP contribution in [0.5, 0.6) is 5.75 Å². The van der Waals surface area contributed by atoms with Crippen LogP contribution in [-0.4, -0.2) is 51.2 Å². The Morgan fingerprint density at radius 1 is 1.20 bits per heavy atom. The molecule has 3 N–H and O–H groups in total. The largest absolute Gasteiger partial charge is 0.492 e. The van der Waals surface area contributed by atoms with Gasteiger partial charge in [0.1, 0.15) is 12.4 Å². The highest BCUT2D eigenvalue weighted by Crippen LogP contribution is 2.19. The second kappa shape index (κ2) is 12.3. The summed E-state index contributed by atoms with van der Waals surface area (Å²) in [6.07, 6.45) is 1.07. The van der Waals surface area contributed by atoms with E-state index in [9.17, 15) is 4.79 Å². The Kier molecular flexibility index (Phi) is 9.72. The second-order valence-electron chi connectivity index (χ2n) is 6.97. The Morgan fingerprint density at radius 2 is 2.00 bits per heavy atom. The third kappa shape index (κ3) is 7.40. The van der Waals surface area contributed by atoms with Gasteiger partial charge in [-0.1, -0.05) is 24.3 Å². The van der Waals surface area contributed by atoms with Crippen LogP contribution in [-0.2, 0) is 4.79 Å². The predicted octanol–water partition coefficient (Wildman–Crippen LogP) is 3.09. The molecule has 0 aromatic heterocycles. The van der Waals surface area contributed by atoms with Crippen LogP contribution in [0.4, 0.5) is 11.4 Å². The monoisotopic (exact) mass is 523 g/mol. The minimum atomic E-state index is -0.101. The molecular formula is C22H30IN5O2. The summed E-state index contributed by atoms with van der Waals surface area (Å²) in [7, 11) is 1.77. The Hall–Kier alpha value is -2.49. The standard InChI is InChI=1S/C22H29N5O2.HI/c1-17(28)25-18-7-6-10-21(15-18)29-14-12-24-22(23-2)26-19-11-13-27(16-19)20-8-4-3-5-9-20;/h3-10,15,19H,11-14,16H2,1-2H3,(H,25,28)(H2,23,24,26);1H. The predicted molar refractivity (Wildman–Crippen MR) is 133 cm³/mol. The van der Waals surface area contributed by atoms with Crippen LogP contribution < -0.4 is 25.6 Å². The number of amides is 1. The number of carbonyl (C=O) groups is 1. The minimum absolute atomic E-state index is 0. The molecule has 3 rings (SSSR count). The van der Waals surface area contributed by atoms with E-state index in [-0.39, 0.29) is 29.9 Å². The molecule has 1 heterocycles. The molecule has 1 saturated heterocycles. The topological polar surface area (TPSA) is 78.0 Å². The lowest BCUT2D eigenvalue weighted by Crippen LogP contribution is -2.45. The van der Waals surface area contributed by atoms with E-state index in [2.05, 4.69) is 50.1 Å². The summed E-state index contributed by atoms with van der Waals surface area (Å²) in [5.41, 5.74) is 1.99. The zero-order chi connectivity index (χ0) is 20.5. The minimum Gasteiger partial charge on any atom is -0.492 e. The van der Waals surface area contributed by atoms with Gasteiger partial charge < -0.3 is 25.6 Å². The van der Waals surface area contributed by atoms with Crippen LogP contribution in [0.2, 0.25) is 0 Å². The molecule has 2 aromatic carbocycles. The molecule has 30 heavy (non-hydrogen) atoms. The van der Waals surface area contributed by atoms with E-state index in [0.29, 0.717) is 19.2 Å². The van der Waals surface area contributed by atoms with Crippen molar-refractivity contribution in [2.24, 2.45) is 4.99 Å². The van der Waals surface area contributed by atoms with Crippen LogP contribution in [0, 0.1) is 0 Å². The van der Waals surface area contributed by atoms with Crippen LogP contribution >= 0.6 is 24.0 Å². The quantitative estimate of drug-likeness (QED) is 0.225. The van der Waals surface area contributed by atoms with Gasteiger partial charge in [0.2, 0.25) is 5.91 Å². The Balaban J connectivity index is 0.00000320. The molecule has 1 aliphatic heterocycles. The van der Waals surface area contributed by atoms with Gasteiger partial charge in [0.25, 0.3) is 0 Å². The maximum absolute atomic E-state index is 11.2. The first-order valence-electron chi connectivity index (χ1n) is 9.91. The van der Waals surface area contributed by atoms with Crippen molar-refractivity contribution < 1.29 is 9.53 Å². The van der Waals surface area contributed by atoms with E-state index in [1.165, 1.54) is 12.6 Å². The van der Waals surface area contributed by atoms with Crippen molar-refractivity contribution in [2.45, 2.75) is 19.4 Å². The molecule has 1 fully saturated rings. The zero-order valence-electron chi connectivity index (χ0n) is 17.4. The van der Waals surface area contributed by atoms with E-state index in [0.717, 1.165) is 36.9 Å². The third-order valence-corrected chi connectivity index (χ3v) is 4.69. The molecule has 1 aliphatic rings. The number of anilines is 2. The number of hydrogen-bond acceptors (Lipinski definition) is 4. The highest BCUT2D eigenvalue weighted by molar-refractivity contribution is 14.0. The number of nitrogens with one attached hydrogen (secondary N) is 3. The summed E-state index contributed by atoms with van der Waals surface area (Å²) < 4.78 is 5.76. The fourth-order valence-corrected chi connectivity index (χ4v) is 3.34. The van der Waals surface area contributed by atoms with Crippen molar-refractivity contribution in [3.8, 4) is 5.75 Å². The third-order valence-electron chi connectivity index (χ3n) is 4.69. The van der Waals surface area contributed by atoms with Gasteiger partial charge in [0.05, 0.1) is 6.54 Å². The molecule has 0 spiro atoms. The van der Waals surface area contributed by atoms with E-state index >= 15 is 0 Å². The van der Waals surface area contributed by atoms with Gasteiger partial charge in [0.15, 0.2) is 5.96 Å². The molecule has 0 radical (unpaired) electrons. The Morgan fingerprint density at radius 3 is 2.73 bits per heavy atom. The van der Waals surface area contributed by atoms with Crippen molar-refractivity contribution in [3.63, 3.8) is 0 Å². The molecule has 8 heteroatoms. The van der Waals surface area contributed by atoms with E-state index in [1.54, 1.807) is 7.05 Å². The number of ether oxygens (including phenoxy) is 1. The van der Waals surface area contributed by atoms with Gasteiger partial charge in [-0.3, -0.25) is 9.79 Å². The van der Waals surface area contributed by atoms with Crippen molar-refractivity contribution in [1.29, 1.82) is 0 Å². The first kappa shape index (κ1) is 23.8. The summed E-state index contributed by atoms with van der Waals surface area (Å²) in [6, 6.07) is 18.2. The van der Waals surface area contributed by atoms with Crippen molar-refractivity contribution in [1.82, 2.24) is 10.6 Å². The number of hydrogen-bond donors (Lipinski definition) is 3. The van der Waals surface area contributed by atoms with Gasteiger partial charge in [-0.2, -0.15) is 0 Å². The summed E-state index contributed by atoms with van der Waals surface area (Å²) in [4.78, 5) is 17.8. The van der Waals surface area contributed by atoms with Crippen LogP contribution in [0.15, 0.2) is 59.6 Å². The number of aliphatic imine (C=N–C) groups is 1. The number of para-hydroxylation sites is 1. The fraction of sp³-hybridized carbons (Fsp3) is 0.364. The molecular weight excluding hydrogens is 493 g/mol. The van der Waals surface area contributed by atoms with Crippen molar-refractivity contribution in [3.05, 3.63) is 54.6 Å².